The first-order valence-corrected chi connectivity index (χ1v) is 12.7. The Balaban J connectivity index is 1.69. The van der Waals surface area contributed by atoms with Gasteiger partial charge in [0.05, 0.1) is 5.54 Å². The minimum atomic E-state index is -0.226. The molecule has 3 rings (SSSR count). The van der Waals surface area contributed by atoms with Crippen LogP contribution in [0.2, 0.25) is 0 Å². The van der Waals surface area contributed by atoms with Gasteiger partial charge in [0.1, 0.15) is 0 Å². The average molecular weight is 432 g/mol. The molecular formula is C27H34N3P. The summed E-state index contributed by atoms with van der Waals surface area (Å²) in [5.74, 6) is 0. The molecule has 0 radical (unpaired) electrons. The summed E-state index contributed by atoms with van der Waals surface area (Å²) in [6.07, 6.45) is 12.3. The van der Waals surface area contributed by atoms with Crippen molar-refractivity contribution < 1.29 is 0 Å². The molecule has 1 atom stereocenters. The summed E-state index contributed by atoms with van der Waals surface area (Å²) in [7, 11) is 1.88. The third-order valence-electron chi connectivity index (χ3n) is 5.91. The lowest BCUT2D eigenvalue weighted by Gasteiger charge is -2.29. The van der Waals surface area contributed by atoms with Gasteiger partial charge in [-0.3, -0.25) is 9.98 Å². The lowest BCUT2D eigenvalue weighted by molar-refractivity contribution is 0.467. The third-order valence-corrected chi connectivity index (χ3v) is 8.28. The van der Waals surface area contributed by atoms with Crippen LogP contribution in [0.3, 0.4) is 0 Å². The highest BCUT2D eigenvalue weighted by Crippen LogP contribution is 2.46. The number of aliphatic imine (C=N–C) groups is 2. The molecule has 1 aromatic carbocycles. The van der Waals surface area contributed by atoms with Crippen LogP contribution in [0.5, 0.6) is 0 Å². The largest absolute Gasteiger partial charge is 0.371 e. The van der Waals surface area contributed by atoms with Gasteiger partial charge in [-0.2, -0.15) is 0 Å². The van der Waals surface area contributed by atoms with E-state index in [2.05, 4.69) is 100 Å². The minimum absolute atomic E-state index is 0.0396. The maximum absolute atomic E-state index is 4.71. The predicted molar refractivity (Wildman–Crippen MR) is 140 cm³/mol. The summed E-state index contributed by atoms with van der Waals surface area (Å²) < 4.78 is 0. The SMILES string of the molecule is C=N/C=C(\C=C1\C=NC(C)(C)CP1C)/C=C/C(=C)N(C)CC1=C(C)c2ccccc2C1. The molecule has 0 fully saturated rings. The van der Waals surface area contributed by atoms with Crippen LogP contribution >= 0.6 is 7.92 Å². The third kappa shape index (κ3) is 5.80. The Morgan fingerprint density at radius 3 is 2.71 bits per heavy atom. The molecular weight excluding hydrogens is 397 g/mol. The summed E-state index contributed by atoms with van der Waals surface area (Å²) in [6, 6.07) is 8.69. The van der Waals surface area contributed by atoms with Gasteiger partial charge in [-0.1, -0.05) is 44.8 Å². The van der Waals surface area contributed by atoms with Crippen LogP contribution < -0.4 is 0 Å². The van der Waals surface area contributed by atoms with Gasteiger partial charge >= 0.3 is 0 Å². The molecule has 2 aliphatic rings. The fourth-order valence-electron chi connectivity index (χ4n) is 4.08. The fraction of sp³-hybridized carbons (Fsp3) is 0.333. The van der Waals surface area contributed by atoms with Gasteiger partial charge in [0.2, 0.25) is 0 Å². The van der Waals surface area contributed by atoms with E-state index in [0.29, 0.717) is 0 Å². The smallest absolute Gasteiger partial charge is 0.0594 e. The second-order valence-electron chi connectivity index (χ2n) is 9.05. The number of rotatable bonds is 7. The first-order valence-electron chi connectivity index (χ1n) is 10.7. The van der Waals surface area contributed by atoms with Crippen LogP contribution in [-0.4, -0.2) is 49.8 Å². The summed E-state index contributed by atoms with van der Waals surface area (Å²) in [4.78, 5) is 10.9. The van der Waals surface area contributed by atoms with Crippen molar-refractivity contribution in [1.29, 1.82) is 0 Å². The van der Waals surface area contributed by atoms with Crippen molar-refractivity contribution in [3.63, 3.8) is 0 Å². The van der Waals surface area contributed by atoms with E-state index >= 15 is 0 Å². The monoisotopic (exact) mass is 431 g/mol. The Morgan fingerprint density at radius 2 is 2.03 bits per heavy atom. The quantitative estimate of drug-likeness (QED) is 0.277. The van der Waals surface area contributed by atoms with Crippen molar-refractivity contribution >= 4 is 26.4 Å². The molecule has 4 heteroatoms. The molecule has 1 aromatic rings. The summed E-state index contributed by atoms with van der Waals surface area (Å²) in [6.45, 7) is 17.7. The van der Waals surface area contributed by atoms with Crippen LogP contribution in [0, 0.1) is 0 Å². The van der Waals surface area contributed by atoms with Crippen molar-refractivity contribution in [2.24, 2.45) is 9.98 Å². The lowest BCUT2D eigenvalue weighted by atomic mass is 10.1. The highest BCUT2D eigenvalue weighted by atomic mass is 31.1. The second kappa shape index (κ2) is 9.75. The lowest BCUT2D eigenvalue weighted by Crippen LogP contribution is -2.25. The normalized spacial score (nSPS) is 21.6. The van der Waals surface area contributed by atoms with Gasteiger partial charge in [-0.25, -0.2) is 0 Å². The van der Waals surface area contributed by atoms with Gasteiger partial charge in [-0.05, 0) is 92.0 Å². The molecule has 0 amide bonds. The van der Waals surface area contributed by atoms with E-state index in [-0.39, 0.29) is 13.5 Å². The Kier molecular flexibility index (Phi) is 7.28. The van der Waals surface area contributed by atoms with E-state index in [1.165, 1.54) is 27.6 Å². The average Bonchev–Trinajstić information content (AvgIpc) is 3.03. The molecule has 1 unspecified atom stereocenters. The van der Waals surface area contributed by atoms with E-state index in [1.807, 2.05) is 6.21 Å². The van der Waals surface area contributed by atoms with Gasteiger partial charge in [0.15, 0.2) is 0 Å². The van der Waals surface area contributed by atoms with E-state index in [4.69, 9.17) is 4.99 Å². The predicted octanol–water partition coefficient (Wildman–Crippen LogP) is 6.46. The minimum Gasteiger partial charge on any atom is -0.371 e. The molecule has 3 nitrogen and oxygen atoms in total. The summed E-state index contributed by atoms with van der Waals surface area (Å²) in [5.41, 5.74) is 7.70. The van der Waals surface area contributed by atoms with Crippen LogP contribution in [-0.2, 0) is 6.42 Å². The van der Waals surface area contributed by atoms with E-state index in [1.54, 1.807) is 6.20 Å². The van der Waals surface area contributed by atoms with Gasteiger partial charge in [0, 0.05) is 31.7 Å². The second-order valence-corrected chi connectivity index (χ2v) is 11.3. The molecule has 1 aliphatic heterocycles. The van der Waals surface area contributed by atoms with Gasteiger partial charge in [-0.15, -0.1) is 0 Å². The molecule has 0 aromatic heterocycles. The van der Waals surface area contributed by atoms with E-state index in [9.17, 15) is 0 Å². The van der Waals surface area contributed by atoms with E-state index in [0.717, 1.165) is 30.4 Å². The Bertz CT molecular complexity index is 1020. The number of benzene rings is 1. The van der Waals surface area contributed by atoms with Crippen molar-refractivity contribution in [2.45, 2.75) is 32.7 Å². The molecule has 31 heavy (non-hydrogen) atoms. The van der Waals surface area contributed by atoms with Crippen molar-refractivity contribution in [1.82, 2.24) is 4.90 Å². The topological polar surface area (TPSA) is 28.0 Å². The molecule has 1 aliphatic carbocycles. The zero-order valence-corrected chi connectivity index (χ0v) is 20.4. The van der Waals surface area contributed by atoms with Crippen LogP contribution in [0.1, 0.15) is 31.9 Å². The summed E-state index contributed by atoms with van der Waals surface area (Å²) >= 11 is 0. The fourth-order valence-corrected chi connectivity index (χ4v) is 6.13. The Morgan fingerprint density at radius 1 is 1.29 bits per heavy atom. The summed E-state index contributed by atoms with van der Waals surface area (Å²) in [5, 5.41) is 1.29. The first-order chi connectivity index (χ1) is 14.7. The van der Waals surface area contributed by atoms with Crippen molar-refractivity contribution in [3.05, 3.63) is 88.6 Å². The van der Waals surface area contributed by atoms with Gasteiger partial charge in [0.25, 0.3) is 0 Å². The number of hydrogen-bond acceptors (Lipinski definition) is 3. The first kappa shape index (κ1) is 23.2. The van der Waals surface area contributed by atoms with Crippen LogP contribution in [0.15, 0.2) is 87.4 Å². The Labute approximate surface area is 189 Å². The molecule has 0 bridgehead atoms. The highest BCUT2D eigenvalue weighted by Gasteiger charge is 2.25. The van der Waals surface area contributed by atoms with Crippen molar-refractivity contribution in [2.75, 3.05) is 26.4 Å². The number of allylic oxidation sites excluding steroid dienone is 6. The van der Waals surface area contributed by atoms with E-state index < -0.39 is 0 Å². The number of hydrogen-bond donors (Lipinski definition) is 0. The van der Waals surface area contributed by atoms with Crippen LogP contribution in [0.25, 0.3) is 5.57 Å². The molecule has 0 N–H and O–H groups in total. The van der Waals surface area contributed by atoms with Gasteiger partial charge < -0.3 is 4.90 Å². The zero-order valence-electron chi connectivity index (χ0n) is 19.5. The number of nitrogens with zero attached hydrogens (tertiary/aromatic N) is 3. The zero-order chi connectivity index (χ0) is 22.6. The molecule has 1 heterocycles. The maximum atomic E-state index is 4.71. The molecule has 0 spiro atoms. The molecule has 0 saturated carbocycles. The number of fused-ring (bicyclic) bond motifs is 1. The number of likely N-dealkylation sites (N-methyl/N-ethyl adjacent to an activating group) is 1. The standard InChI is InChI=1S/C27H34N3P/c1-20(30(6)18-24-15-23-10-8-9-11-26(23)21(24)2)12-13-22(16-28-5)14-25-17-29-27(3,4)19-31(25)7/h8-14,16-17H,1,5,15,18-19H2,2-4,6-7H3/b13-12+,22-16-,25-14-. The molecule has 0 saturated heterocycles. The highest BCUT2D eigenvalue weighted by molar-refractivity contribution is 7.62. The maximum Gasteiger partial charge on any atom is 0.0594 e. The van der Waals surface area contributed by atoms with Crippen LogP contribution in [0.4, 0.5) is 0 Å². The molecule has 162 valence electrons. The van der Waals surface area contributed by atoms with Crippen molar-refractivity contribution in [3.8, 4) is 0 Å². The Hall–Kier alpha value is -2.51.